The van der Waals surface area contributed by atoms with Crippen molar-refractivity contribution >= 4 is 11.3 Å². The molecule has 0 aromatic carbocycles. The van der Waals surface area contributed by atoms with Crippen LogP contribution in [-0.2, 0) is 34.0 Å². The maximum absolute atomic E-state index is 6.22. The van der Waals surface area contributed by atoms with E-state index < -0.39 is 35.7 Å². The number of fused-ring (bicyclic) bond motifs is 1. The maximum atomic E-state index is 6.22. The highest BCUT2D eigenvalue weighted by Crippen LogP contribution is 2.52. The van der Waals surface area contributed by atoms with Gasteiger partial charge < -0.3 is 28.4 Å². The molecule has 3 aliphatic rings. The van der Waals surface area contributed by atoms with E-state index in [9.17, 15) is 0 Å². The van der Waals surface area contributed by atoms with E-state index in [0.29, 0.717) is 6.61 Å². The molecule has 0 amide bonds. The Labute approximate surface area is 145 Å². The van der Waals surface area contributed by atoms with Crippen LogP contribution in [-0.4, -0.2) is 54.9 Å². The molecule has 0 aliphatic carbocycles. The van der Waals surface area contributed by atoms with E-state index in [-0.39, 0.29) is 6.10 Å². The van der Waals surface area contributed by atoms with Crippen LogP contribution in [0.15, 0.2) is 11.6 Å². The average molecular weight is 357 g/mol. The van der Waals surface area contributed by atoms with E-state index in [0.717, 1.165) is 5.01 Å². The van der Waals surface area contributed by atoms with Crippen molar-refractivity contribution in [2.24, 2.45) is 0 Å². The lowest BCUT2D eigenvalue weighted by atomic mass is 9.89. The largest absolute Gasteiger partial charge is 0.365 e. The third-order valence-corrected chi connectivity index (χ3v) is 5.56. The van der Waals surface area contributed by atoms with Crippen molar-refractivity contribution in [3.63, 3.8) is 0 Å². The van der Waals surface area contributed by atoms with Crippen molar-refractivity contribution in [3.8, 4) is 0 Å². The van der Waals surface area contributed by atoms with Crippen LogP contribution < -0.4 is 0 Å². The summed E-state index contributed by atoms with van der Waals surface area (Å²) < 4.78 is 36.1. The van der Waals surface area contributed by atoms with Crippen LogP contribution in [0.5, 0.6) is 0 Å². The van der Waals surface area contributed by atoms with E-state index >= 15 is 0 Å². The molecule has 134 valence electrons. The Morgan fingerprint density at radius 2 is 1.92 bits per heavy atom. The number of ether oxygens (including phenoxy) is 6. The lowest BCUT2D eigenvalue weighted by Gasteiger charge is -2.37. The van der Waals surface area contributed by atoms with Crippen molar-refractivity contribution < 1.29 is 28.4 Å². The lowest BCUT2D eigenvalue weighted by molar-refractivity contribution is -0.254. The summed E-state index contributed by atoms with van der Waals surface area (Å²) >= 11 is 1.51. The minimum atomic E-state index is -0.902. The molecule has 0 spiro atoms. The van der Waals surface area contributed by atoms with Gasteiger partial charge in [0, 0.05) is 18.7 Å². The highest BCUT2D eigenvalue weighted by Gasteiger charge is 2.69. The molecule has 0 bridgehead atoms. The van der Waals surface area contributed by atoms with Gasteiger partial charge in [-0.25, -0.2) is 4.98 Å². The van der Waals surface area contributed by atoms with Gasteiger partial charge in [0.25, 0.3) is 0 Å². The molecule has 3 fully saturated rings. The van der Waals surface area contributed by atoms with Crippen LogP contribution in [0, 0.1) is 0 Å². The number of hydrogen-bond donors (Lipinski definition) is 0. The lowest BCUT2D eigenvalue weighted by Crippen LogP contribution is -2.53. The van der Waals surface area contributed by atoms with Gasteiger partial charge in [-0.2, -0.15) is 0 Å². The Morgan fingerprint density at radius 1 is 1.12 bits per heavy atom. The summed E-state index contributed by atoms with van der Waals surface area (Å²) in [5.74, 6) is -1.40. The maximum Gasteiger partial charge on any atom is 0.191 e. The van der Waals surface area contributed by atoms with E-state index in [4.69, 9.17) is 28.4 Å². The Balaban J connectivity index is 1.74. The summed E-state index contributed by atoms with van der Waals surface area (Å²) in [6.07, 6.45) is 0.0376. The molecule has 24 heavy (non-hydrogen) atoms. The number of methoxy groups -OCH3 is 1. The first-order chi connectivity index (χ1) is 11.3. The van der Waals surface area contributed by atoms with E-state index in [1.54, 1.807) is 13.3 Å². The monoisotopic (exact) mass is 357 g/mol. The first-order valence-electron chi connectivity index (χ1n) is 8.05. The molecule has 1 aromatic rings. The quantitative estimate of drug-likeness (QED) is 0.820. The van der Waals surface area contributed by atoms with Crippen LogP contribution in [0.2, 0.25) is 0 Å². The van der Waals surface area contributed by atoms with Crippen molar-refractivity contribution in [2.45, 2.75) is 69.5 Å². The average Bonchev–Trinajstić information content (AvgIpc) is 3.21. The summed E-state index contributed by atoms with van der Waals surface area (Å²) in [7, 11) is 1.65. The molecule has 0 saturated carbocycles. The first-order valence-corrected chi connectivity index (χ1v) is 8.93. The molecule has 5 atom stereocenters. The summed E-state index contributed by atoms with van der Waals surface area (Å²) in [6.45, 7) is 7.92. The molecule has 3 saturated heterocycles. The summed E-state index contributed by atoms with van der Waals surface area (Å²) in [6, 6.07) is 0. The Hall–Kier alpha value is -0.610. The van der Waals surface area contributed by atoms with Gasteiger partial charge in [0.1, 0.15) is 23.3 Å². The molecule has 3 aliphatic heterocycles. The number of nitrogens with zero attached hydrogens (tertiary/aromatic N) is 1. The SMILES string of the molecule is CO[C@@]1(c2nccs2)[C@@H]([C@H]2COC(C)(C)O2)O[C@@H]2OC(C)(C)O[C@@H]21. The number of aromatic nitrogens is 1. The minimum absolute atomic E-state index is 0.301. The predicted molar refractivity (Wildman–Crippen MR) is 84.4 cm³/mol. The fourth-order valence-corrected chi connectivity index (χ4v) is 4.61. The molecule has 4 rings (SSSR count). The normalized spacial score (nSPS) is 43.2. The standard InChI is InChI=1S/C16H23NO6S/c1-14(2)19-8-9(21-14)10-16(18-5,13-17-6-7-24-13)11-12(20-10)23-15(3,4)22-11/h6-7,9-12H,8H2,1-5H3/t9-,10-,11+,12-,16+/m1/s1. The number of thiazole rings is 1. The second-order valence-electron chi connectivity index (χ2n) is 7.18. The second kappa shape index (κ2) is 5.44. The molecule has 7 nitrogen and oxygen atoms in total. The summed E-state index contributed by atoms with van der Waals surface area (Å²) in [4.78, 5) is 4.49. The second-order valence-corrected chi connectivity index (χ2v) is 8.08. The van der Waals surface area contributed by atoms with Crippen LogP contribution in [0.25, 0.3) is 0 Å². The van der Waals surface area contributed by atoms with Crippen LogP contribution in [0.1, 0.15) is 32.7 Å². The Kier molecular flexibility index (Phi) is 3.82. The fraction of sp³-hybridized carbons (Fsp3) is 0.812. The van der Waals surface area contributed by atoms with Gasteiger partial charge in [-0.3, -0.25) is 0 Å². The van der Waals surface area contributed by atoms with Crippen molar-refractivity contribution in [2.75, 3.05) is 13.7 Å². The molecule has 4 heterocycles. The molecule has 8 heteroatoms. The summed E-state index contributed by atoms with van der Waals surface area (Å²) in [5, 5.41) is 2.70. The van der Waals surface area contributed by atoms with Crippen LogP contribution in [0.3, 0.4) is 0 Å². The first kappa shape index (κ1) is 16.8. The molecule has 0 unspecified atom stereocenters. The van der Waals surface area contributed by atoms with E-state index in [2.05, 4.69) is 4.98 Å². The van der Waals surface area contributed by atoms with Gasteiger partial charge >= 0.3 is 0 Å². The van der Waals surface area contributed by atoms with Gasteiger partial charge in [0.15, 0.2) is 23.5 Å². The Morgan fingerprint density at radius 3 is 2.50 bits per heavy atom. The zero-order chi connectivity index (χ0) is 17.2. The molecule has 0 radical (unpaired) electrons. The van der Waals surface area contributed by atoms with E-state index in [1.807, 2.05) is 33.1 Å². The topological polar surface area (TPSA) is 68.3 Å². The molecule has 1 aromatic heterocycles. The number of hydrogen-bond acceptors (Lipinski definition) is 8. The van der Waals surface area contributed by atoms with E-state index in [1.165, 1.54) is 11.3 Å². The van der Waals surface area contributed by atoms with Crippen molar-refractivity contribution in [3.05, 3.63) is 16.6 Å². The van der Waals surface area contributed by atoms with Crippen molar-refractivity contribution in [1.29, 1.82) is 0 Å². The smallest absolute Gasteiger partial charge is 0.191 e. The number of rotatable bonds is 3. The zero-order valence-electron chi connectivity index (χ0n) is 14.5. The van der Waals surface area contributed by atoms with Gasteiger partial charge in [-0.05, 0) is 27.7 Å². The highest BCUT2D eigenvalue weighted by molar-refractivity contribution is 7.09. The van der Waals surface area contributed by atoms with Crippen LogP contribution >= 0.6 is 11.3 Å². The zero-order valence-corrected chi connectivity index (χ0v) is 15.3. The Bertz CT molecular complexity index is 606. The minimum Gasteiger partial charge on any atom is -0.365 e. The molecular weight excluding hydrogens is 334 g/mol. The molecule has 0 N–H and O–H groups in total. The molecular formula is C16H23NO6S. The van der Waals surface area contributed by atoms with Gasteiger partial charge in [-0.1, -0.05) is 0 Å². The van der Waals surface area contributed by atoms with Gasteiger partial charge in [-0.15, -0.1) is 11.3 Å². The third-order valence-electron chi connectivity index (χ3n) is 4.66. The van der Waals surface area contributed by atoms with Crippen LogP contribution in [0.4, 0.5) is 0 Å². The predicted octanol–water partition coefficient (Wildman–Crippen LogP) is 2.01. The fourth-order valence-electron chi connectivity index (χ4n) is 3.73. The summed E-state index contributed by atoms with van der Waals surface area (Å²) in [5.41, 5.74) is -0.902. The van der Waals surface area contributed by atoms with Gasteiger partial charge in [0.2, 0.25) is 0 Å². The van der Waals surface area contributed by atoms with Crippen molar-refractivity contribution in [1.82, 2.24) is 4.98 Å². The third kappa shape index (κ3) is 2.44. The highest BCUT2D eigenvalue weighted by atomic mass is 32.1. The van der Waals surface area contributed by atoms with Gasteiger partial charge in [0.05, 0.1) is 6.61 Å².